The topological polar surface area (TPSA) is 72.4 Å². The van der Waals surface area contributed by atoms with Crippen molar-refractivity contribution in [2.24, 2.45) is 0 Å². The number of fused-ring (bicyclic) bond motifs is 1. The van der Waals surface area contributed by atoms with E-state index in [1.54, 1.807) is 21.3 Å². The van der Waals surface area contributed by atoms with Gasteiger partial charge in [0.25, 0.3) is 0 Å². The summed E-state index contributed by atoms with van der Waals surface area (Å²) in [4.78, 5) is 2.29. The van der Waals surface area contributed by atoms with Crippen molar-refractivity contribution >= 4 is 5.69 Å². The second-order valence-electron chi connectivity index (χ2n) is 9.61. The molecule has 2 N–H and O–H groups in total. The lowest BCUT2D eigenvalue weighted by Crippen LogP contribution is -2.34. The number of methoxy groups -OCH3 is 3. The molecule has 216 valence electrons. The number of rotatable bonds is 10. The third kappa shape index (κ3) is 10.8. The van der Waals surface area contributed by atoms with Crippen LogP contribution in [0.1, 0.15) is 64.4 Å². The molecule has 0 aromatic heterocycles. The van der Waals surface area contributed by atoms with Crippen molar-refractivity contribution in [3.8, 4) is 11.5 Å². The Hall–Kier alpha value is -2.32. The Kier molecular flexibility index (Phi) is 15.8. The highest BCUT2D eigenvalue weighted by Crippen LogP contribution is 2.32. The summed E-state index contributed by atoms with van der Waals surface area (Å²) in [5.74, 6) is 2.59. The molecular formula is C31H52N2O5. The first-order chi connectivity index (χ1) is 18.6. The zero-order chi connectivity index (χ0) is 27.6. The molecule has 4 rings (SSSR count). The van der Waals surface area contributed by atoms with Gasteiger partial charge in [-0.25, -0.2) is 0 Å². The molecule has 2 heterocycles. The molecule has 2 aliphatic heterocycles. The van der Waals surface area contributed by atoms with Crippen LogP contribution < -0.4 is 19.7 Å². The van der Waals surface area contributed by atoms with E-state index in [0.717, 1.165) is 87.3 Å². The number of aliphatic hydroxyl groups is 1. The van der Waals surface area contributed by atoms with Gasteiger partial charge >= 0.3 is 0 Å². The van der Waals surface area contributed by atoms with Crippen molar-refractivity contribution in [1.29, 1.82) is 0 Å². The minimum absolute atomic E-state index is 0. The van der Waals surface area contributed by atoms with Gasteiger partial charge in [0, 0.05) is 28.8 Å². The monoisotopic (exact) mass is 532 g/mol. The summed E-state index contributed by atoms with van der Waals surface area (Å²) in [7, 11) is 5.19. The van der Waals surface area contributed by atoms with Gasteiger partial charge in [-0.3, -0.25) is 0 Å². The van der Waals surface area contributed by atoms with Crippen molar-refractivity contribution in [3.63, 3.8) is 0 Å². The molecule has 2 aromatic carbocycles. The molecule has 1 saturated heterocycles. The molecule has 7 nitrogen and oxygen atoms in total. The largest absolute Gasteiger partial charge is 0.497 e. The fraction of sp³-hybridized carbons (Fsp3) is 0.613. The lowest BCUT2D eigenvalue weighted by atomic mass is 9.90. The Morgan fingerprint density at radius 1 is 1.05 bits per heavy atom. The Morgan fingerprint density at radius 3 is 2.32 bits per heavy atom. The standard InChI is InChI=1S/C13H19NO3.C12H17NO.C6H14O.H2/c1-16-7-2-5-14-6-8-17-13-4-3-11(10-15)9-12(13)14;1-14-12-4-2-10(3-5-12)11-6-8-13-9-7-11;1-4-6(5-2)7-3;/h3-4,9,15H,2,5-8,10H2,1H3;2-5,11,13H,6-9H2,1H3;6H,4-5H2,1-3H3;1H. The molecule has 2 aromatic rings. The lowest BCUT2D eigenvalue weighted by molar-refractivity contribution is 0.0964. The van der Waals surface area contributed by atoms with Crippen molar-refractivity contribution in [2.75, 3.05) is 65.6 Å². The molecule has 0 radical (unpaired) electrons. The van der Waals surface area contributed by atoms with Gasteiger partial charge in [-0.1, -0.05) is 32.0 Å². The first kappa shape index (κ1) is 31.9. The number of anilines is 1. The summed E-state index contributed by atoms with van der Waals surface area (Å²) in [5, 5.41) is 12.5. The van der Waals surface area contributed by atoms with E-state index in [9.17, 15) is 0 Å². The van der Waals surface area contributed by atoms with Crippen LogP contribution in [0.3, 0.4) is 0 Å². The van der Waals surface area contributed by atoms with E-state index >= 15 is 0 Å². The molecule has 0 spiro atoms. The van der Waals surface area contributed by atoms with Crippen LogP contribution in [-0.4, -0.2) is 71.9 Å². The molecule has 1 fully saturated rings. The van der Waals surface area contributed by atoms with Gasteiger partial charge < -0.3 is 34.3 Å². The van der Waals surface area contributed by atoms with Crippen LogP contribution in [0.15, 0.2) is 42.5 Å². The normalized spacial score (nSPS) is 15.0. The number of aliphatic hydroxyl groups excluding tert-OH is 1. The fourth-order valence-corrected chi connectivity index (χ4v) is 4.70. The third-order valence-corrected chi connectivity index (χ3v) is 7.11. The summed E-state index contributed by atoms with van der Waals surface area (Å²) in [6.07, 6.45) is 6.26. The minimum Gasteiger partial charge on any atom is -0.497 e. The van der Waals surface area contributed by atoms with Gasteiger partial charge in [0.2, 0.25) is 0 Å². The number of ether oxygens (including phenoxy) is 4. The van der Waals surface area contributed by atoms with Gasteiger partial charge in [-0.2, -0.15) is 0 Å². The van der Waals surface area contributed by atoms with E-state index in [1.807, 2.05) is 18.2 Å². The van der Waals surface area contributed by atoms with E-state index < -0.39 is 0 Å². The van der Waals surface area contributed by atoms with Gasteiger partial charge in [-0.15, -0.1) is 0 Å². The average Bonchev–Trinajstić information content (AvgIpc) is 2.99. The smallest absolute Gasteiger partial charge is 0.142 e. The molecule has 0 amide bonds. The maximum absolute atomic E-state index is 9.16. The maximum atomic E-state index is 9.16. The summed E-state index contributed by atoms with van der Waals surface area (Å²) >= 11 is 0. The number of nitrogens with zero attached hydrogens (tertiary/aromatic N) is 1. The van der Waals surface area contributed by atoms with Crippen molar-refractivity contribution in [1.82, 2.24) is 5.32 Å². The van der Waals surface area contributed by atoms with E-state index in [1.165, 1.54) is 18.4 Å². The summed E-state index contributed by atoms with van der Waals surface area (Å²) in [6.45, 7) is 9.98. The number of piperidine rings is 1. The van der Waals surface area contributed by atoms with Crippen molar-refractivity contribution < 1.29 is 25.5 Å². The predicted octanol–water partition coefficient (Wildman–Crippen LogP) is 5.64. The van der Waals surface area contributed by atoms with Gasteiger partial charge in [0.15, 0.2) is 0 Å². The van der Waals surface area contributed by atoms with Crippen molar-refractivity contribution in [3.05, 3.63) is 53.6 Å². The number of benzene rings is 2. The summed E-state index contributed by atoms with van der Waals surface area (Å²) in [5.41, 5.74) is 3.46. The van der Waals surface area contributed by atoms with Crippen LogP contribution in [0.2, 0.25) is 0 Å². The average molecular weight is 533 g/mol. The maximum Gasteiger partial charge on any atom is 0.142 e. The Morgan fingerprint density at radius 2 is 1.76 bits per heavy atom. The van der Waals surface area contributed by atoms with E-state index in [4.69, 9.17) is 24.1 Å². The fourth-order valence-electron chi connectivity index (χ4n) is 4.70. The summed E-state index contributed by atoms with van der Waals surface area (Å²) in [6, 6.07) is 14.3. The third-order valence-electron chi connectivity index (χ3n) is 7.11. The second-order valence-corrected chi connectivity index (χ2v) is 9.61. The molecule has 0 unspecified atom stereocenters. The number of nitrogens with one attached hydrogen (secondary N) is 1. The first-order valence-electron chi connectivity index (χ1n) is 14.1. The molecule has 0 aliphatic carbocycles. The molecule has 38 heavy (non-hydrogen) atoms. The van der Waals surface area contributed by atoms with Crippen LogP contribution in [-0.2, 0) is 16.1 Å². The van der Waals surface area contributed by atoms with Gasteiger partial charge in [0.05, 0.1) is 32.1 Å². The van der Waals surface area contributed by atoms with E-state index in [0.29, 0.717) is 6.10 Å². The van der Waals surface area contributed by atoms with Crippen LogP contribution >= 0.6 is 0 Å². The molecule has 7 heteroatoms. The summed E-state index contributed by atoms with van der Waals surface area (Å²) < 4.78 is 20.9. The molecule has 2 aliphatic rings. The number of hydrogen-bond donors (Lipinski definition) is 2. The SMILES string of the molecule is CCC(CC)OC.COCCCN1CCOc2ccc(CO)cc21.COc1ccc(C2CCNCC2)cc1.[HH]. The quantitative estimate of drug-likeness (QED) is 0.384. The van der Waals surface area contributed by atoms with Crippen LogP contribution in [0, 0.1) is 0 Å². The Labute approximate surface area is 231 Å². The second kappa shape index (κ2) is 18.9. The Bertz CT molecular complexity index is 868. The molecular weight excluding hydrogens is 480 g/mol. The highest BCUT2D eigenvalue weighted by atomic mass is 16.5. The highest BCUT2D eigenvalue weighted by Gasteiger charge is 2.18. The zero-order valence-corrected chi connectivity index (χ0v) is 24.2. The van der Waals surface area contributed by atoms with E-state index in [-0.39, 0.29) is 8.03 Å². The highest BCUT2D eigenvalue weighted by molar-refractivity contribution is 5.61. The van der Waals surface area contributed by atoms with Crippen molar-refractivity contribution in [2.45, 2.75) is 64.6 Å². The molecule has 0 atom stereocenters. The van der Waals surface area contributed by atoms with Crippen LogP contribution in [0.5, 0.6) is 11.5 Å². The minimum atomic E-state index is 0. The van der Waals surface area contributed by atoms with E-state index in [2.05, 4.69) is 48.3 Å². The van der Waals surface area contributed by atoms with Crippen LogP contribution in [0.25, 0.3) is 0 Å². The zero-order valence-electron chi connectivity index (χ0n) is 24.2. The number of hydrogen-bond acceptors (Lipinski definition) is 7. The van der Waals surface area contributed by atoms with Gasteiger partial charge in [0.1, 0.15) is 18.1 Å². The lowest BCUT2D eigenvalue weighted by Gasteiger charge is -2.31. The Balaban J connectivity index is 0.000000313. The molecule has 0 saturated carbocycles. The molecule has 0 bridgehead atoms. The van der Waals surface area contributed by atoms with Crippen LogP contribution in [0.4, 0.5) is 5.69 Å². The van der Waals surface area contributed by atoms with Gasteiger partial charge in [-0.05, 0) is 86.5 Å². The predicted molar refractivity (Wildman–Crippen MR) is 158 cm³/mol. The first-order valence-corrected chi connectivity index (χ1v) is 14.1.